The normalized spacial score (nSPS) is 11.2. The van der Waals surface area contributed by atoms with Crippen LogP contribution in [0.2, 0.25) is 0 Å². The van der Waals surface area contributed by atoms with Crippen LogP contribution in [0.5, 0.6) is 0 Å². The number of fused-ring (bicyclic) bond motifs is 1. The Labute approximate surface area is 109 Å². The van der Waals surface area contributed by atoms with Crippen molar-refractivity contribution in [2.75, 3.05) is 0 Å². The molecule has 0 aliphatic carbocycles. The number of nitrogens with one attached hydrogen (secondary N) is 1. The molecule has 1 aromatic carbocycles. The molecule has 0 radical (unpaired) electrons. The average molecular weight is 256 g/mol. The maximum atomic E-state index is 11.4. The second-order valence-corrected chi connectivity index (χ2v) is 3.71. The summed E-state index contributed by atoms with van der Waals surface area (Å²) in [4.78, 5) is 19.3. The maximum Gasteiger partial charge on any atom is 0.325 e. The van der Waals surface area contributed by atoms with Crippen LogP contribution in [-0.2, 0) is 4.79 Å². The number of oxazole rings is 1. The average Bonchev–Trinajstić information content (AvgIpc) is 2.78. The SMILES string of the molecule is C#CCCC(=O)N/C(N)=N/c1nc2ccccc2o1. The van der Waals surface area contributed by atoms with Gasteiger partial charge in [-0.15, -0.1) is 12.3 Å². The molecule has 1 aromatic heterocycles. The molecule has 0 unspecified atom stereocenters. The lowest BCUT2D eigenvalue weighted by Crippen LogP contribution is -2.36. The van der Waals surface area contributed by atoms with E-state index in [1.165, 1.54) is 0 Å². The van der Waals surface area contributed by atoms with Crippen LogP contribution in [0.4, 0.5) is 6.01 Å². The minimum Gasteiger partial charge on any atom is -0.422 e. The number of terminal acetylenes is 1. The first-order valence-corrected chi connectivity index (χ1v) is 5.62. The van der Waals surface area contributed by atoms with Crippen LogP contribution in [0.3, 0.4) is 0 Å². The quantitative estimate of drug-likeness (QED) is 0.491. The van der Waals surface area contributed by atoms with Gasteiger partial charge in [0.25, 0.3) is 0 Å². The first kappa shape index (κ1) is 12.6. The van der Waals surface area contributed by atoms with E-state index in [-0.39, 0.29) is 24.3 Å². The number of carbonyl (C=O) groups excluding carboxylic acids is 1. The summed E-state index contributed by atoms with van der Waals surface area (Å²) < 4.78 is 5.34. The van der Waals surface area contributed by atoms with Crippen molar-refractivity contribution < 1.29 is 9.21 Å². The first-order valence-electron chi connectivity index (χ1n) is 5.62. The van der Waals surface area contributed by atoms with Crippen molar-refractivity contribution >= 4 is 29.0 Å². The van der Waals surface area contributed by atoms with Crippen molar-refractivity contribution in [2.24, 2.45) is 10.7 Å². The lowest BCUT2D eigenvalue weighted by molar-refractivity contribution is -0.119. The van der Waals surface area contributed by atoms with E-state index >= 15 is 0 Å². The van der Waals surface area contributed by atoms with Gasteiger partial charge in [-0.2, -0.15) is 9.98 Å². The third-order valence-electron chi connectivity index (χ3n) is 2.26. The summed E-state index contributed by atoms with van der Waals surface area (Å²) in [6, 6.07) is 7.31. The van der Waals surface area contributed by atoms with E-state index in [4.69, 9.17) is 16.6 Å². The number of nitrogens with zero attached hydrogens (tertiary/aromatic N) is 2. The van der Waals surface area contributed by atoms with Crippen LogP contribution in [0.25, 0.3) is 11.1 Å². The van der Waals surface area contributed by atoms with Crippen LogP contribution >= 0.6 is 0 Å². The molecular formula is C13H12N4O2. The number of hydrogen-bond donors (Lipinski definition) is 2. The Hall–Kier alpha value is -2.81. The highest BCUT2D eigenvalue weighted by molar-refractivity contribution is 5.97. The van der Waals surface area contributed by atoms with E-state index in [2.05, 4.69) is 21.2 Å². The van der Waals surface area contributed by atoms with E-state index in [9.17, 15) is 4.79 Å². The van der Waals surface area contributed by atoms with Gasteiger partial charge in [-0.1, -0.05) is 12.1 Å². The molecular weight excluding hydrogens is 244 g/mol. The van der Waals surface area contributed by atoms with E-state index in [1.807, 2.05) is 12.1 Å². The largest absolute Gasteiger partial charge is 0.422 e. The van der Waals surface area contributed by atoms with Gasteiger partial charge in [0.05, 0.1) is 0 Å². The van der Waals surface area contributed by atoms with Crippen molar-refractivity contribution in [1.82, 2.24) is 10.3 Å². The second-order valence-electron chi connectivity index (χ2n) is 3.71. The number of benzene rings is 1. The number of guanidine groups is 1. The Balaban J connectivity index is 2.08. The zero-order valence-electron chi connectivity index (χ0n) is 10.1. The molecule has 0 bridgehead atoms. The van der Waals surface area contributed by atoms with E-state index in [0.717, 1.165) is 0 Å². The number of aromatic nitrogens is 1. The van der Waals surface area contributed by atoms with Crippen LogP contribution in [-0.4, -0.2) is 16.9 Å². The van der Waals surface area contributed by atoms with Crippen LogP contribution in [0.1, 0.15) is 12.8 Å². The van der Waals surface area contributed by atoms with Gasteiger partial charge in [-0.05, 0) is 12.1 Å². The summed E-state index contributed by atoms with van der Waals surface area (Å²) in [5.74, 6) is 2.00. The fourth-order valence-electron chi connectivity index (χ4n) is 1.43. The molecule has 19 heavy (non-hydrogen) atoms. The van der Waals surface area contributed by atoms with Gasteiger partial charge in [0.15, 0.2) is 5.58 Å². The Bertz CT molecular complexity index is 634. The van der Waals surface area contributed by atoms with Crippen LogP contribution in [0, 0.1) is 12.3 Å². The number of para-hydroxylation sites is 2. The third-order valence-corrected chi connectivity index (χ3v) is 2.26. The predicted molar refractivity (Wildman–Crippen MR) is 71.5 cm³/mol. The third kappa shape index (κ3) is 3.33. The summed E-state index contributed by atoms with van der Waals surface area (Å²) in [6.45, 7) is 0. The lowest BCUT2D eigenvalue weighted by atomic mass is 10.3. The lowest BCUT2D eigenvalue weighted by Gasteiger charge is -2.00. The number of aliphatic imine (C=N–C) groups is 1. The molecule has 0 saturated heterocycles. The monoisotopic (exact) mass is 256 g/mol. The highest BCUT2D eigenvalue weighted by Gasteiger charge is 2.06. The minimum absolute atomic E-state index is 0.0754. The molecule has 3 N–H and O–H groups in total. The fraction of sp³-hybridized carbons (Fsp3) is 0.154. The topological polar surface area (TPSA) is 93.5 Å². The molecule has 2 rings (SSSR count). The summed E-state index contributed by atoms with van der Waals surface area (Å²) in [6.07, 6.45) is 5.60. The van der Waals surface area contributed by atoms with Crippen LogP contribution < -0.4 is 11.1 Å². The number of carbonyl (C=O) groups is 1. The molecule has 0 saturated carbocycles. The van der Waals surface area contributed by atoms with Crippen molar-refractivity contribution in [3.05, 3.63) is 24.3 Å². The zero-order valence-corrected chi connectivity index (χ0v) is 10.1. The molecule has 1 heterocycles. The first-order chi connectivity index (χ1) is 9.19. The summed E-state index contributed by atoms with van der Waals surface area (Å²) in [5, 5.41) is 2.40. The molecule has 0 atom stereocenters. The predicted octanol–water partition coefficient (Wildman–Crippen LogP) is 1.30. The number of nitrogens with two attached hydrogens (primary N) is 1. The molecule has 1 amide bonds. The standard InChI is InChI=1S/C13H12N4O2/c1-2-3-8-11(18)16-12(14)17-13-15-9-6-4-5-7-10(9)19-13/h1,4-7H,3,8H2,(H3,14,15,16,17,18). The molecule has 96 valence electrons. The van der Waals surface area contributed by atoms with Crippen LogP contribution in [0.15, 0.2) is 33.7 Å². The highest BCUT2D eigenvalue weighted by Crippen LogP contribution is 2.19. The number of amides is 1. The van der Waals surface area contributed by atoms with E-state index < -0.39 is 0 Å². The molecule has 0 aliphatic heterocycles. The van der Waals surface area contributed by atoms with Gasteiger partial charge in [-0.25, -0.2) is 0 Å². The fourth-order valence-corrected chi connectivity index (χ4v) is 1.43. The van der Waals surface area contributed by atoms with Crippen molar-refractivity contribution in [1.29, 1.82) is 0 Å². The van der Waals surface area contributed by atoms with Gasteiger partial charge in [-0.3, -0.25) is 10.1 Å². The number of hydrogen-bond acceptors (Lipinski definition) is 4. The highest BCUT2D eigenvalue weighted by atomic mass is 16.4. The van der Waals surface area contributed by atoms with Crippen molar-refractivity contribution in [3.8, 4) is 12.3 Å². The van der Waals surface area contributed by atoms with E-state index in [0.29, 0.717) is 17.5 Å². The Kier molecular flexibility index (Phi) is 3.78. The Morgan fingerprint density at radius 2 is 2.32 bits per heavy atom. The van der Waals surface area contributed by atoms with Gasteiger partial charge in [0.1, 0.15) is 5.52 Å². The molecule has 6 heteroatoms. The number of rotatable bonds is 3. The van der Waals surface area contributed by atoms with Gasteiger partial charge in [0, 0.05) is 12.8 Å². The Morgan fingerprint density at radius 3 is 3.05 bits per heavy atom. The van der Waals surface area contributed by atoms with Crippen molar-refractivity contribution in [3.63, 3.8) is 0 Å². The van der Waals surface area contributed by atoms with Gasteiger partial charge >= 0.3 is 6.01 Å². The van der Waals surface area contributed by atoms with Crippen molar-refractivity contribution in [2.45, 2.75) is 12.8 Å². The van der Waals surface area contributed by atoms with Gasteiger partial charge in [0.2, 0.25) is 11.9 Å². The molecule has 0 aliphatic rings. The van der Waals surface area contributed by atoms with E-state index in [1.54, 1.807) is 12.1 Å². The maximum absolute atomic E-state index is 11.4. The Morgan fingerprint density at radius 1 is 1.53 bits per heavy atom. The molecule has 6 nitrogen and oxygen atoms in total. The molecule has 0 spiro atoms. The van der Waals surface area contributed by atoms with Gasteiger partial charge < -0.3 is 10.2 Å². The second kappa shape index (κ2) is 5.69. The molecule has 0 fully saturated rings. The summed E-state index contributed by atoms with van der Waals surface area (Å²) >= 11 is 0. The summed E-state index contributed by atoms with van der Waals surface area (Å²) in [5.41, 5.74) is 6.84. The zero-order chi connectivity index (χ0) is 13.7. The smallest absolute Gasteiger partial charge is 0.325 e. The summed E-state index contributed by atoms with van der Waals surface area (Å²) in [7, 11) is 0. The molecule has 2 aromatic rings. The minimum atomic E-state index is -0.296.